The van der Waals surface area contributed by atoms with Gasteiger partial charge in [0.15, 0.2) is 5.75 Å². The SMILES string of the molecule is O=c1cc(CSc2ccc3ccccc3c2)occ1O. The minimum absolute atomic E-state index is 0.357. The molecule has 1 N–H and O–H groups in total. The highest BCUT2D eigenvalue weighted by atomic mass is 32.2. The molecular formula is C16H12O3S. The summed E-state index contributed by atoms with van der Waals surface area (Å²) in [5.41, 5.74) is -0.412. The molecule has 3 rings (SSSR count). The van der Waals surface area contributed by atoms with Gasteiger partial charge in [-0.1, -0.05) is 30.3 Å². The largest absolute Gasteiger partial charge is 0.502 e. The highest BCUT2D eigenvalue weighted by molar-refractivity contribution is 7.98. The average Bonchev–Trinajstić information content (AvgIpc) is 2.48. The lowest BCUT2D eigenvalue weighted by atomic mass is 10.1. The Balaban J connectivity index is 1.79. The van der Waals surface area contributed by atoms with Crippen molar-refractivity contribution < 1.29 is 9.52 Å². The van der Waals surface area contributed by atoms with E-state index in [4.69, 9.17) is 9.52 Å². The van der Waals surface area contributed by atoms with Crippen LogP contribution >= 0.6 is 11.8 Å². The van der Waals surface area contributed by atoms with Crippen molar-refractivity contribution >= 4 is 22.5 Å². The highest BCUT2D eigenvalue weighted by Gasteiger charge is 2.03. The van der Waals surface area contributed by atoms with E-state index in [1.807, 2.05) is 18.2 Å². The molecular weight excluding hydrogens is 272 g/mol. The molecule has 0 aliphatic heterocycles. The second-order valence-electron chi connectivity index (χ2n) is 4.39. The Labute approximate surface area is 119 Å². The molecule has 3 nitrogen and oxygen atoms in total. The van der Waals surface area contributed by atoms with E-state index < -0.39 is 5.43 Å². The standard InChI is InChI=1S/C16H12O3S/c17-15-8-13(19-9-16(15)18)10-20-14-6-5-11-3-1-2-4-12(11)7-14/h1-9,18H,10H2. The average molecular weight is 284 g/mol. The molecule has 3 aromatic rings. The van der Waals surface area contributed by atoms with Crippen molar-refractivity contribution in [1.29, 1.82) is 0 Å². The zero-order chi connectivity index (χ0) is 13.9. The first kappa shape index (κ1) is 12.8. The summed E-state index contributed by atoms with van der Waals surface area (Å²) < 4.78 is 5.18. The van der Waals surface area contributed by atoms with Crippen LogP contribution < -0.4 is 5.43 Å². The van der Waals surface area contributed by atoms with Gasteiger partial charge in [0.25, 0.3) is 0 Å². The van der Waals surface area contributed by atoms with Crippen LogP contribution in [0.1, 0.15) is 5.76 Å². The second kappa shape index (κ2) is 5.43. The molecule has 100 valence electrons. The third kappa shape index (κ3) is 2.70. The van der Waals surface area contributed by atoms with Crippen LogP contribution in [0.2, 0.25) is 0 Å². The Kier molecular flexibility index (Phi) is 3.48. The molecule has 0 radical (unpaired) electrons. The number of thioether (sulfide) groups is 1. The van der Waals surface area contributed by atoms with Crippen LogP contribution in [0.25, 0.3) is 10.8 Å². The molecule has 0 saturated heterocycles. The van der Waals surface area contributed by atoms with Crippen molar-refractivity contribution in [3.05, 3.63) is 70.8 Å². The second-order valence-corrected chi connectivity index (χ2v) is 5.44. The Morgan fingerprint density at radius 3 is 2.65 bits per heavy atom. The Morgan fingerprint density at radius 2 is 1.85 bits per heavy atom. The minimum atomic E-state index is -0.412. The van der Waals surface area contributed by atoms with Crippen molar-refractivity contribution in [2.24, 2.45) is 0 Å². The van der Waals surface area contributed by atoms with Gasteiger partial charge in [-0.3, -0.25) is 4.79 Å². The van der Waals surface area contributed by atoms with E-state index in [1.54, 1.807) is 11.8 Å². The molecule has 1 heterocycles. The van der Waals surface area contributed by atoms with Gasteiger partial charge >= 0.3 is 0 Å². The van der Waals surface area contributed by atoms with Gasteiger partial charge in [0.1, 0.15) is 12.0 Å². The van der Waals surface area contributed by atoms with Gasteiger partial charge in [0.2, 0.25) is 5.43 Å². The smallest absolute Gasteiger partial charge is 0.226 e. The molecule has 0 unspecified atom stereocenters. The fraction of sp³-hybridized carbons (Fsp3) is 0.0625. The molecule has 0 spiro atoms. The maximum atomic E-state index is 11.3. The molecule has 0 saturated carbocycles. The molecule has 4 heteroatoms. The summed E-state index contributed by atoms with van der Waals surface area (Å²) in [6, 6.07) is 15.7. The lowest BCUT2D eigenvalue weighted by Crippen LogP contribution is -1.98. The van der Waals surface area contributed by atoms with E-state index >= 15 is 0 Å². The van der Waals surface area contributed by atoms with Crippen molar-refractivity contribution in [3.63, 3.8) is 0 Å². The van der Waals surface area contributed by atoms with Gasteiger partial charge in [-0.2, -0.15) is 0 Å². The van der Waals surface area contributed by atoms with Gasteiger partial charge in [-0.05, 0) is 22.9 Å². The van der Waals surface area contributed by atoms with Gasteiger partial charge in [-0.15, -0.1) is 11.8 Å². The Hall–Kier alpha value is -2.20. The van der Waals surface area contributed by atoms with Crippen molar-refractivity contribution in [3.8, 4) is 5.75 Å². The Bertz CT molecular complexity index is 808. The quantitative estimate of drug-likeness (QED) is 0.743. The van der Waals surface area contributed by atoms with E-state index in [0.29, 0.717) is 11.5 Å². The maximum absolute atomic E-state index is 11.3. The van der Waals surface area contributed by atoms with Crippen LogP contribution in [0.15, 0.2) is 68.9 Å². The van der Waals surface area contributed by atoms with Gasteiger partial charge in [-0.25, -0.2) is 0 Å². The maximum Gasteiger partial charge on any atom is 0.226 e. The minimum Gasteiger partial charge on any atom is -0.502 e. The number of rotatable bonds is 3. The fourth-order valence-corrected chi connectivity index (χ4v) is 2.77. The number of benzene rings is 2. The third-order valence-electron chi connectivity index (χ3n) is 2.97. The summed E-state index contributed by atoms with van der Waals surface area (Å²) in [7, 11) is 0. The topological polar surface area (TPSA) is 50.4 Å². The summed E-state index contributed by atoms with van der Waals surface area (Å²) in [6.07, 6.45) is 1.08. The van der Waals surface area contributed by atoms with Crippen LogP contribution in [0.4, 0.5) is 0 Å². The molecule has 0 aliphatic rings. The van der Waals surface area contributed by atoms with Gasteiger partial charge < -0.3 is 9.52 Å². The summed E-state index contributed by atoms with van der Waals surface area (Å²) in [6.45, 7) is 0. The zero-order valence-corrected chi connectivity index (χ0v) is 11.4. The monoisotopic (exact) mass is 284 g/mol. The first-order valence-corrected chi connectivity index (χ1v) is 7.13. The molecule has 1 aromatic heterocycles. The van der Waals surface area contributed by atoms with E-state index in [9.17, 15) is 4.79 Å². The number of hydrogen-bond donors (Lipinski definition) is 1. The van der Waals surface area contributed by atoms with Gasteiger partial charge in [0.05, 0.1) is 5.75 Å². The lowest BCUT2D eigenvalue weighted by molar-refractivity contribution is 0.419. The molecule has 2 aromatic carbocycles. The fourth-order valence-electron chi connectivity index (χ4n) is 1.93. The predicted octanol–water partition coefficient (Wildman–Crippen LogP) is 3.79. The van der Waals surface area contributed by atoms with Crippen molar-refractivity contribution in [1.82, 2.24) is 0 Å². The molecule has 0 aliphatic carbocycles. The number of aromatic hydroxyl groups is 1. The number of hydrogen-bond acceptors (Lipinski definition) is 4. The van der Waals surface area contributed by atoms with Crippen molar-refractivity contribution in [2.45, 2.75) is 10.6 Å². The molecule has 0 amide bonds. The van der Waals surface area contributed by atoms with Crippen LogP contribution in [0.3, 0.4) is 0 Å². The zero-order valence-electron chi connectivity index (χ0n) is 10.6. The van der Waals surface area contributed by atoms with E-state index in [1.165, 1.54) is 16.8 Å². The van der Waals surface area contributed by atoms with Crippen LogP contribution in [0, 0.1) is 0 Å². The molecule has 0 fully saturated rings. The van der Waals surface area contributed by atoms with Gasteiger partial charge in [0, 0.05) is 11.0 Å². The van der Waals surface area contributed by atoms with Crippen LogP contribution in [0.5, 0.6) is 5.75 Å². The Morgan fingerprint density at radius 1 is 1.05 bits per heavy atom. The first-order valence-electron chi connectivity index (χ1n) is 6.15. The molecule has 0 atom stereocenters. The third-order valence-corrected chi connectivity index (χ3v) is 3.98. The first-order chi connectivity index (χ1) is 9.72. The lowest BCUT2D eigenvalue weighted by Gasteiger charge is -2.03. The van der Waals surface area contributed by atoms with E-state index in [2.05, 4.69) is 24.3 Å². The number of fused-ring (bicyclic) bond motifs is 1. The summed E-state index contributed by atoms with van der Waals surface area (Å²) >= 11 is 1.59. The summed E-state index contributed by atoms with van der Waals surface area (Å²) in [4.78, 5) is 12.4. The summed E-state index contributed by atoms with van der Waals surface area (Å²) in [5, 5.41) is 11.5. The van der Waals surface area contributed by atoms with Crippen LogP contribution in [-0.4, -0.2) is 5.11 Å². The highest BCUT2D eigenvalue weighted by Crippen LogP contribution is 2.26. The van der Waals surface area contributed by atoms with Crippen LogP contribution in [-0.2, 0) is 5.75 Å². The van der Waals surface area contributed by atoms with E-state index in [0.717, 1.165) is 11.2 Å². The van der Waals surface area contributed by atoms with Crippen molar-refractivity contribution in [2.75, 3.05) is 0 Å². The molecule has 20 heavy (non-hydrogen) atoms. The predicted molar refractivity (Wildman–Crippen MR) is 80.2 cm³/mol. The normalized spacial score (nSPS) is 10.8. The summed E-state index contributed by atoms with van der Waals surface area (Å²) in [5.74, 6) is 0.740. The molecule has 0 bridgehead atoms. The van der Waals surface area contributed by atoms with E-state index in [-0.39, 0.29) is 5.75 Å².